The maximum atomic E-state index is 11.8. The second kappa shape index (κ2) is 8.92. The molecule has 1 atom stereocenters. The Morgan fingerprint density at radius 2 is 1.62 bits per heavy atom. The van der Waals surface area contributed by atoms with Crippen molar-refractivity contribution < 1.29 is 19.1 Å². The number of nitrogens with two attached hydrogens (primary N) is 1. The zero-order chi connectivity index (χ0) is 20.0. The van der Waals surface area contributed by atoms with Gasteiger partial charge in [-0.15, -0.1) is 0 Å². The van der Waals surface area contributed by atoms with E-state index in [9.17, 15) is 9.59 Å². The molecule has 146 valence electrons. The van der Waals surface area contributed by atoms with Gasteiger partial charge >= 0.3 is 6.09 Å². The molecule has 1 aromatic rings. The molecule has 6 nitrogen and oxygen atoms in total. The van der Waals surface area contributed by atoms with Crippen molar-refractivity contribution in [2.45, 2.75) is 71.5 Å². The molecule has 0 aliphatic rings. The lowest BCUT2D eigenvalue weighted by Gasteiger charge is -2.22. The molecule has 0 spiro atoms. The fourth-order valence-corrected chi connectivity index (χ4v) is 2.41. The Kier molecular flexibility index (Phi) is 7.48. The van der Waals surface area contributed by atoms with Crippen molar-refractivity contribution >= 4 is 12.0 Å². The van der Waals surface area contributed by atoms with Crippen LogP contribution < -0.4 is 15.8 Å². The summed E-state index contributed by atoms with van der Waals surface area (Å²) in [4.78, 5) is 23.4. The first-order chi connectivity index (χ1) is 11.9. The van der Waals surface area contributed by atoms with Gasteiger partial charge in [-0.25, -0.2) is 4.79 Å². The summed E-state index contributed by atoms with van der Waals surface area (Å²) < 4.78 is 11.0. The zero-order valence-electron chi connectivity index (χ0n) is 16.7. The summed E-state index contributed by atoms with van der Waals surface area (Å²) in [5.74, 6) is -0.0399. The van der Waals surface area contributed by atoms with Gasteiger partial charge in [-0.2, -0.15) is 0 Å². The highest BCUT2D eigenvalue weighted by atomic mass is 16.6. The average Bonchev–Trinajstić information content (AvgIpc) is 2.44. The molecule has 6 heteroatoms. The van der Waals surface area contributed by atoms with Gasteiger partial charge in [-0.1, -0.05) is 12.1 Å². The Balaban J connectivity index is 2.56. The number of nitrogens with one attached hydrogen (secondary N) is 1. The molecule has 0 heterocycles. The Hall–Kier alpha value is -2.24. The fraction of sp³-hybridized carbons (Fsp3) is 0.600. The molecule has 26 heavy (non-hydrogen) atoms. The lowest BCUT2D eigenvalue weighted by molar-refractivity contribution is -0.119. The summed E-state index contributed by atoms with van der Waals surface area (Å²) in [7, 11) is 0. The van der Waals surface area contributed by atoms with Gasteiger partial charge < -0.3 is 20.5 Å². The number of primary amides is 1. The number of hydrogen-bond donors (Lipinski definition) is 2. The van der Waals surface area contributed by atoms with Crippen LogP contribution in [-0.4, -0.2) is 29.7 Å². The molecule has 3 N–H and O–H groups in total. The number of benzene rings is 1. The summed E-state index contributed by atoms with van der Waals surface area (Å²) in [6, 6.07) is 7.40. The molecule has 0 aliphatic carbocycles. The summed E-state index contributed by atoms with van der Waals surface area (Å²) in [5.41, 5.74) is 5.58. The highest BCUT2D eigenvalue weighted by molar-refractivity contribution is 5.81. The van der Waals surface area contributed by atoms with Crippen LogP contribution in [0, 0.1) is 0 Å². The Morgan fingerprint density at radius 3 is 2.08 bits per heavy atom. The lowest BCUT2D eigenvalue weighted by Crippen LogP contribution is -2.33. The number of rotatable bonds is 7. The van der Waals surface area contributed by atoms with Gasteiger partial charge in [-0.05, 0) is 72.1 Å². The second-order valence-corrected chi connectivity index (χ2v) is 8.31. The van der Waals surface area contributed by atoms with E-state index in [0.29, 0.717) is 19.4 Å². The third-order valence-corrected chi connectivity index (χ3v) is 3.39. The van der Waals surface area contributed by atoms with E-state index in [1.807, 2.05) is 65.8 Å². The van der Waals surface area contributed by atoms with Crippen molar-refractivity contribution in [3.05, 3.63) is 29.8 Å². The molecule has 0 fully saturated rings. The smallest absolute Gasteiger partial charge is 0.407 e. The molecule has 0 bridgehead atoms. The van der Waals surface area contributed by atoms with E-state index in [1.165, 1.54) is 0 Å². The molecule has 1 unspecified atom stereocenters. The molecule has 1 rings (SSSR count). The standard InChI is InChI=1S/C20H32N2O4/c1-19(2,3)25-15-11-9-14(10-12-15)16(17(21)23)8-7-13-22-18(24)26-20(4,5)6/h9-12,16H,7-8,13H2,1-6H3,(H2,21,23)(H,22,24). The van der Waals surface area contributed by atoms with Crippen LogP contribution in [0.25, 0.3) is 0 Å². The van der Waals surface area contributed by atoms with Crippen LogP contribution in [-0.2, 0) is 9.53 Å². The molecule has 1 aromatic carbocycles. The van der Waals surface area contributed by atoms with Crippen LogP contribution in [0.4, 0.5) is 4.79 Å². The van der Waals surface area contributed by atoms with Crippen molar-refractivity contribution in [1.29, 1.82) is 0 Å². The van der Waals surface area contributed by atoms with Crippen molar-refractivity contribution in [3.63, 3.8) is 0 Å². The molecular formula is C20H32N2O4. The quantitative estimate of drug-likeness (QED) is 0.721. The molecule has 0 saturated heterocycles. The highest BCUT2D eigenvalue weighted by Gasteiger charge is 2.19. The molecule has 0 radical (unpaired) electrons. The van der Waals surface area contributed by atoms with Gasteiger partial charge in [0.15, 0.2) is 0 Å². The van der Waals surface area contributed by atoms with E-state index in [1.54, 1.807) is 0 Å². The summed E-state index contributed by atoms with van der Waals surface area (Å²) in [5, 5.41) is 2.69. The van der Waals surface area contributed by atoms with Crippen LogP contribution in [0.5, 0.6) is 5.75 Å². The van der Waals surface area contributed by atoms with Gasteiger partial charge in [0.1, 0.15) is 17.0 Å². The summed E-state index contributed by atoms with van der Waals surface area (Å²) >= 11 is 0. The van der Waals surface area contributed by atoms with E-state index in [4.69, 9.17) is 15.2 Å². The Labute approximate surface area is 156 Å². The summed E-state index contributed by atoms with van der Waals surface area (Å²) in [6.45, 7) is 11.8. The predicted octanol–water partition coefficient (Wildman–Crippen LogP) is 3.74. The number of carbonyl (C=O) groups excluding carboxylic acids is 2. The Morgan fingerprint density at radius 1 is 1.04 bits per heavy atom. The third-order valence-electron chi connectivity index (χ3n) is 3.39. The van der Waals surface area contributed by atoms with E-state index in [2.05, 4.69) is 5.32 Å². The van der Waals surface area contributed by atoms with E-state index >= 15 is 0 Å². The Bertz CT molecular complexity index is 598. The minimum atomic E-state index is -0.531. The lowest BCUT2D eigenvalue weighted by atomic mass is 9.93. The number of hydrogen-bond acceptors (Lipinski definition) is 4. The third kappa shape index (κ3) is 8.74. The first kappa shape index (κ1) is 21.8. The van der Waals surface area contributed by atoms with Gasteiger partial charge in [0.25, 0.3) is 0 Å². The topological polar surface area (TPSA) is 90.6 Å². The fourth-order valence-electron chi connectivity index (χ4n) is 2.41. The number of amides is 2. The molecular weight excluding hydrogens is 332 g/mol. The molecule has 0 aromatic heterocycles. The minimum Gasteiger partial charge on any atom is -0.488 e. The van der Waals surface area contributed by atoms with Crippen LogP contribution in [0.3, 0.4) is 0 Å². The van der Waals surface area contributed by atoms with E-state index in [-0.39, 0.29) is 11.5 Å². The van der Waals surface area contributed by atoms with Gasteiger partial charge in [-0.3, -0.25) is 4.79 Å². The van der Waals surface area contributed by atoms with Crippen molar-refractivity contribution in [1.82, 2.24) is 5.32 Å². The number of alkyl carbamates (subject to hydrolysis) is 1. The molecule has 2 amide bonds. The number of ether oxygens (including phenoxy) is 2. The highest BCUT2D eigenvalue weighted by Crippen LogP contribution is 2.25. The van der Waals surface area contributed by atoms with E-state index < -0.39 is 17.6 Å². The SMILES string of the molecule is CC(C)(C)OC(=O)NCCCC(C(N)=O)c1ccc(OC(C)(C)C)cc1. The van der Waals surface area contributed by atoms with Crippen LogP contribution >= 0.6 is 0 Å². The van der Waals surface area contributed by atoms with Gasteiger partial charge in [0.05, 0.1) is 5.92 Å². The average molecular weight is 364 g/mol. The first-order valence-electron chi connectivity index (χ1n) is 8.92. The van der Waals surface area contributed by atoms with Crippen LogP contribution in [0.2, 0.25) is 0 Å². The maximum Gasteiger partial charge on any atom is 0.407 e. The van der Waals surface area contributed by atoms with Crippen molar-refractivity contribution in [3.8, 4) is 5.75 Å². The summed E-state index contributed by atoms with van der Waals surface area (Å²) in [6.07, 6.45) is 0.703. The largest absolute Gasteiger partial charge is 0.488 e. The van der Waals surface area contributed by atoms with Crippen molar-refractivity contribution in [2.24, 2.45) is 5.73 Å². The maximum absolute atomic E-state index is 11.8. The molecule has 0 aliphatic heterocycles. The van der Waals surface area contributed by atoms with Gasteiger partial charge in [0, 0.05) is 6.54 Å². The van der Waals surface area contributed by atoms with E-state index in [0.717, 1.165) is 11.3 Å². The minimum absolute atomic E-state index is 0.280. The second-order valence-electron chi connectivity index (χ2n) is 8.31. The predicted molar refractivity (Wildman–Crippen MR) is 102 cm³/mol. The number of carbonyl (C=O) groups is 2. The normalized spacial score (nSPS) is 13.0. The molecule has 0 saturated carbocycles. The van der Waals surface area contributed by atoms with Crippen LogP contribution in [0.1, 0.15) is 65.9 Å². The zero-order valence-corrected chi connectivity index (χ0v) is 16.7. The first-order valence-corrected chi connectivity index (χ1v) is 8.92. The van der Waals surface area contributed by atoms with Gasteiger partial charge in [0.2, 0.25) is 5.91 Å². The van der Waals surface area contributed by atoms with Crippen molar-refractivity contribution in [2.75, 3.05) is 6.54 Å². The van der Waals surface area contributed by atoms with Crippen LogP contribution in [0.15, 0.2) is 24.3 Å². The monoisotopic (exact) mass is 364 g/mol.